The number of imidazole rings is 1. The first-order valence-electron chi connectivity index (χ1n) is 7.57. The van der Waals surface area contributed by atoms with Gasteiger partial charge in [0, 0.05) is 17.3 Å². The Kier molecular flexibility index (Phi) is 3.43. The Bertz CT molecular complexity index is 1020. The molecule has 0 aliphatic heterocycles. The van der Waals surface area contributed by atoms with E-state index in [0.717, 1.165) is 5.56 Å². The van der Waals surface area contributed by atoms with Crippen LogP contribution in [0.3, 0.4) is 0 Å². The van der Waals surface area contributed by atoms with E-state index < -0.39 is 0 Å². The van der Waals surface area contributed by atoms with Crippen molar-refractivity contribution >= 4 is 11.4 Å². The van der Waals surface area contributed by atoms with E-state index in [1.54, 1.807) is 4.40 Å². The maximum atomic E-state index is 13.2. The highest BCUT2D eigenvalue weighted by atomic mass is 19.1. The van der Waals surface area contributed by atoms with Crippen LogP contribution in [0.1, 0.15) is 16.1 Å². The van der Waals surface area contributed by atoms with Crippen LogP contribution in [0.25, 0.3) is 16.9 Å². The van der Waals surface area contributed by atoms with Gasteiger partial charge in [0.15, 0.2) is 0 Å². The molecule has 0 aliphatic rings. The summed E-state index contributed by atoms with van der Waals surface area (Å²) in [6.07, 6.45) is 1.81. The fourth-order valence-corrected chi connectivity index (χ4v) is 2.75. The van der Waals surface area contributed by atoms with Crippen LogP contribution in [0.2, 0.25) is 0 Å². The molecule has 0 spiro atoms. The third-order valence-electron chi connectivity index (χ3n) is 3.90. The largest absolute Gasteiger partial charge is 0.296 e. The van der Waals surface area contributed by atoms with E-state index in [1.165, 1.54) is 24.3 Å². The molecule has 116 valence electrons. The van der Waals surface area contributed by atoms with E-state index in [0.29, 0.717) is 22.6 Å². The number of hydrogen-bond acceptors (Lipinski definition) is 2. The minimum atomic E-state index is -0.368. The van der Waals surface area contributed by atoms with Crippen molar-refractivity contribution in [3.05, 3.63) is 96.1 Å². The van der Waals surface area contributed by atoms with E-state index in [-0.39, 0.29) is 11.6 Å². The van der Waals surface area contributed by atoms with Crippen molar-refractivity contribution in [2.45, 2.75) is 0 Å². The zero-order valence-electron chi connectivity index (χ0n) is 12.7. The number of rotatable bonds is 3. The Balaban J connectivity index is 1.96. The number of fused-ring (bicyclic) bond motifs is 1. The fraction of sp³-hybridized carbons (Fsp3) is 0. The highest BCUT2D eigenvalue weighted by Gasteiger charge is 2.21. The molecular formula is C20H13FN2O. The number of halogens is 1. The Morgan fingerprint density at radius 1 is 0.875 bits per heavy atom. The molecule has 0 fully saturated rings. The number of benzene rings is 2. The average Bonchev–Trinajstić information content (AvgIpc) is 3.02. The number of carbonyl (C=O) groups excluding carboxylic acids is 1. The predicted molar refractivity (Wildman–Crippen MR) is 90.5 cm³/mol. The minimum absolute atomic E-state index is 0.187. The van der Waals surface area contributed by atoms with Crippen LogP contribution in [0, 0.1) is 5.82 Å². The molecule has 3 nitrogen and oxygen atoms in total. The van der Waals surface area contributed by atoms with Gasteiger partial charge >= 0.3 is 0 Å². The van der Waals surface area contributed by atoms with Crippen molar-refractivity contribution < 1.29 is 9.18 Å². The lowest BCUT2D eigenvalue weighted by atomic mass is 10.0. The Morgan fingerprint density at radius 3 is 2.33 bits per heavy atom. The summed E-state index contributed by atoms with van der Waals surface area (Å²) in [5.41, 5.74) is 3.09. The molecule has 0 unspecified atom stereocenters. The van der Waals surface area contributed by atoms with E-state index in [2.05, 4.69) is 4.98 Å². The second kappa shape index (κ2) is 5.74. The van der Waals surface area contributed by atoms with Gasteiger partial charge < -0.3 is 0 Å². The van der Waals surface area contributed by atoms with Gasteiger partial charge in [-0.1, -0.05) is 36.4 Å². The van der Waals surface area contributed by atoms with Crippen molar-refractivity contribution in [3.8, 4) is 11.3 Å². The highest BCUT2D eigenvalue weighted by molar-refractivity contribution is 6.11. The minimum Gasteiger partial charge on any atom is -0.296 e. The normalized spacial score (nSPS) is 10.9. The lowest BCUT2D eigenvalue weighted by molar-refractivity contribution is 0.103. The van der Waals surface area contributed by atoms with E-state index in [4.69, 9.17) is 0 Å². The van der Waals surface area contributed by atoms with E-state index >= 15 is 0 Å². The number of carbonyl (C=O) groups is 1. The number of ketones is 1. The van der Waals surface area contributed by atoms with Gasteiger partial charge in [0.25, 0.3) is 0 Å². The van der Waals surface area contributed by atoms with Crippen LogP contribution < -0.4 is 0 Å². The zero-order chi connectivity index (χ0) is 16.5. The number of aromatic nitrogens is 2. The van der Waals surface area contributed by atoms with Gasteiger partial charge in [0.1, 0.15) is 22.9 Å². The van der Waals surface area contributed by atoms with Gasteiger partial charge in [-0.3, -0.25) is 9.20 Å². The number of nitrogens with zero attached hydrogens (tertiary/aromatic N) is 2. The molecule has 2 aromatic heterocycles. The molecule has 4 heteroatoms. The molecule has 0 radical (unpaired) electrons. The molecule has 2 aromatic carbocycles. The van der Waals surface area contributed by atoms with Crippen molar-refractivity contribution in [1.82, 2.24) is 9.38 Å². The molecule has 4 aromatic rings. The molecule has 24 heavy (non-hydrogen) atoms. The topological polar surface area (TPSA) is 34.4 Å². The summed E-state index contributed by atoms with van der Waals surface area (Å²) in [5, 5.41) is 0. The Morgan fingerprint density at radius 2 is 1.58 bits per heavy atom. The quantitative estimate of drug-likeness (QED) is 0.526. The SMILES string of the molecule is O=C(c1ccc(F)cc1)c1c(-c2ccccc2)nc2ccccn12. The molecule has 4 rings (SSSR count). The summed E-state index contributed by atoms with van der Waals surface area (Å²) < 4.78 is 14.9. The van der Waals surface area contributed by atoms with Crippen LogP contribution in [-0.4, -0.2) is 15.2 Å². The summed E-state index contributed by atoms with van der Waals surface area (Å²) in [6.45, 7) is 0. The van der Waals surface area contributed by atoms with Crippen LogP contribution >= 0.6 is 0 Å². The van der Waals surface area contributed by atoms with Gasteiger partial charge in [-0.2, -0.15) is 0 Å². The average molecular weight is 316 g/mol. The lowest BCUT2D eigenvalue weighted by Crippen LogP contribution is -2.07. The molecule has 0 N–H and O–H groups in total. The maximum Gasteiger partial charge on any atom is 0.212 e. The molecule has 0 atom stereocenters. The smallest absolute Gasteiger partial charge is 0.212 e. The number of hydrogen-bond donors (Lipinski definition) is 0. The third kappa shape index (κ3) is 2.38. The van der Waals surface area contributed by atoms with Gasteiger partial charge in [-0.25, -0.2) is 9.37 Å². The highest BCUT2D eigenvalue weighted by Crippen LogP contribution is 2.26. The maximum absolute atomic E-state index is 13.2. The van der Waals surface area contributed by atoms with Gasteiger partial charge in [-0.15, -0.1) is 0 Å². The second-order valence-corrected chi connectivity index (χ2v) is 5.44. The van der Waals surface area contributed by atoms with E-state index in [1.807, 2.05) is 54.7 Å². The van der Waals surface area contributed by atoms with Gasteiger partial charge in [-0.05, 0) is 36.4 Å². The first-order chi connectivity index (χ1) is 11.7. The Hall–Kier alpha value is -3.27. The predicted octanol–water partition coefficient (Wildman–Crippen LogP) is 4.37. The third-order valence-corrected chi connectivity index (χ3v) is 3.90. The molecule has 0 amide bonds. The van der Waals surface area contributed by atoms with Crippen LogP contribution in [0.4, 0.5) is 4.39 Å². The summed E-state index contributed by atoms with van der Waals surface area (Å²) in [6, 6.07) is 20.7. The zero-order valence-corrected chi connectivity index (χ0v) is 12.7. The van der Waals surface area contributed by atoms with Crippen molar-refractivity contribution in [3.63, 3.8) is 0 Å². The van der Waals surface area contributed by atoms with Crippen LogP contribution in [0.5, 0.6) is 0 Å². The van der Waals surface area contributed by atoms with Crippen molar-refractivity contribution in [1.29, 1.82) is 0 Å². The van der Waals surface area contributed by atoms with Gasteiger partial charge in [0.2, 0.25) is 5.78 Å². The Labute approximate surface area is 138 Å². The van der Waals surface area contributed by atoms with Crippen molar-refractivity contribution in [2.75, 3.05) is 0 Å². The van der Waals surface area contributed by atoms with Crippen LogP contribution in [0.15, 0.2) is 79.0 Å². The second-order valence-electron chi connectivity index (χ2n) is 5.44. The molecule has 0 saturated heterocycles. The molecular weight excluding hydrogens is 303 g/mol. The summed E-state index contributed by atoms with van der Waals surface area (Å²) >= 11 is 0. The standard InChI is InChI=1S/C20H13FN2O/c21-16-11-9-15(10-12-16)20(24)19-18(14-6-2-1-3-7-14)22-17-8-4-5-13-23(17)19/h1-13H. The number of pyridine rings is 1. The lowest BCUT2D eigenvalue weighted by Gasteiger charge is -2.05. The van der Waals surface area contributed by atoms with E-state index in [9.17, 15) is 9.18 Å². The first-order valence-corrected chi connectivity index (χ1v) is 7.57. The molecule has 0 saturated carbocycles. The molecule has 0 aliphatic carbocycles. The molecule has 0 bridgehead atoms. The van der Waals surface area contributed by atoms with Gasteiger partial charge in [0.05, 0.1) is 0 Å². The monoisotopic (exact) mass is 316 g/mol. The van der Waals surface area contributed by atoms with Crippen LogP contribution in [-0.2, 0) is 0 Å². The summed E-state index contributed by atoms with van der Waals surface area (Å²) in [5.74, 6) is -0.555. The van der Waals surface area contributed by atoms with Crippen molar-refractivity contribution in [2.24, 2.45) is 0 Å². The fourth-order valence-electron chi connectivity index (χ4n) is 2.75. The summed E-state index contributed by atoms with van der Waals surface area (Å²) in [4.78, 5) is 17.7. The summed E-state index contributed by atoms with van der Waals surface area (Å²) in [7, 11) is 0. The molecule has 2 heterocycles. The first kappa shape index (κ1) is 14.3.